The van der Waals surface area contributed by atoms with Crippen molar-refractivity contribution in [2.24, 2.45) is 4.99 Å². The third-order valence-corrected chi connectivity index (χ3v) is 7.31. The van der Waals surface area contributed by atoms with E-state index < -0.39 is 6.04 Å². The number of amides is 1. The summed E-state index contributed by atoms with van der Waals surface area (Å²) in [5.41, 5.74) is 3.92. The second-order valence-corrected chi connectivity index (χ2v) is 9.92. The highest BCUT2D eigenvalue weighted by Gasteiger charge is 2.32. The summed E-state index contributed by atoms with van der Waals surface area (Å²) in [5.74, 6) is -0.309. The topological polar surface area (TPSA) is 81.3 Å². The van der Waals surface area contributed by atoms with Gasteiger partial charge < -0.3 is 5.32 Å². The highest BCUT2D eigenvalue weighted by Crippen LogP contribution is 2.31. The van der Waals surface area contributed by atoms with Gasteiger partial charge in [-0.05, 0) is 56.7 Å². The Morgan fingerprint density at radius 2 is 1.86 bits per heavy atom. The summed E-state index contributed by atoms with van der Waals surface area (Å²) < 4.78 is 3.97. The molecule has 2 aromatic carbocycles. The largest absolute Gasteiger partial charge is 0.322 e. The second kappa shape index (κ2) is 9.72. The van der Waals surface area contributed by atoms with Crippen molar-refractivity contribution in [1.82, 2.24) is 14.3 Å². The monoisotopic (exact) mass is 517 g/mol. The fourth-order valence-electron chi connectivity index (χ4n) is 4.27. The Bertz CT molecular complexity index is 1660. The van der Waals surface area contributed by atoms with Crippen molar-refractivity contribution < 1.29 is 4.79 Å². The maximum Gasteiger partial charge on any atom is 0.271 e. The van der Waals surface area contributed by atoms with E-state index in [0.29, 0.717) is 31.3 Å². The van der Waals surface area contributed by atoms with Crippen LogP contribution in [-0.2, 0) is 11.3 Å². The van der Waals surface area contributed by atoms with E-state index in [1.54, 1.807) is 23.6 Å². The van der Waals surface area contributed by atoms with E-state index in [0.717, 1.165) is 23.4 Å². The van der Waals surface area contributed by atoms with Crippen molar-refractivity contribution in [1.29, 1.82) is 0 Å². The summed E-state index contributed by atoms with van der Waals surface area (Å²) in [6, 6.07) is 15.8. The molecule has 0 saturated heterocycles. The van der Waals surface area contributed by atoms with E-state index in [9.17, 15) is 9.59 Å². The predicted octanol–water partition coefficient (Wildman–Crippen LogP) is 4.05. The Kier molecular flexibility index (Phi) is 6.47. The number of allylic oxidation sites excluding steroid dienone is 1. The molecule has 4 aromatic rings. The first-order chi connectivity index (χ1) is 17.4. The SMILES string of the molecule is CCn1cc(C=c2sc3n(c2=O)[C@H](c2ccc(Cl)cc2)C(C(=O)Nc2ccccc2)=C(C)N=3)c(C)n1. The second-order valence-electron chi connectivity index (χ2n) is 8.48. The minimum Gasteiger partial charge on any atom is -0.322 e. The number of thiazole rings is 1. The first-order valence-corrected chi connectivity index (χ1v) is 12.7. The van der Waals surface area contributed by atoms with E-state index in [-0.39, 0.29) is 11.5 Å². The number of fused-ring (bicyclic) bond motifs is 1. The summed E-state index contributed by atoms with van der Waals surface area (Å²) >= 11 is 7.46. The minimum absolute atomic E-state index is 0.208. The number of hydrogen-bond acceptors (Lipinski definition) is 5. The number of aryl methyl sites for hydroxylation is 2. The maximum absolute atomic E-state index is 13.8. The molecule has 0 unspecified atom stereocenters. The molecule has 1 atom stereocenters. The molecule has 182 valence electrons. The zero-order chi connectivity index (χ0) is 25.4. The van der Waals surface area contributed by atoms with Crippen LogP contribution in [0.25, 0.3) is 6.08 Å². The predicted molar refractivity (Wildman–Crippen MR) is 143 cm³/mol. The molecule has 3 heterocycles. The number of carbonyl (C=O) groups is 1. The van der Waals surface area contributed by atoms with Crippen LogP contribution in [0.2, 0.25) is 5.02 Å². The Morgan fingerprint density at radius 1 is 1.14 bits per heavy atom. The molecule has 36 heavy (non-hydrogen) atoms. The number of hydrogen-bond donors (Lipinski definition) is 1. The highest BCUT2D eigenvalue weighted by molar-refractivity contribution is 7.07. The van der Waals surface area contributed by atoms with Gasteiger partial charge in [-0.15, -0.1) is 0 Å². The average Bonchev–Trinajstić information content (AvgIpc) is 3.38. The van der Waals surface area contributed by atoms with Gasteiger partial charge >= 0.3 is 0 Å². The number of halogens is 1. The van der Waals surface area contributed by atoms with Crippen LogP contribution in [0.1, 0.15) is 36.7 Å². The molecule has 1 aliphatic rings. The van der Waals surface area contributed by atoms with Gasteiger partial charge in [0.2, 0.25) is 0 Å². The normalized spacial score (nSPS) is 15.6. The Morgan fingerprint density at radius 3 is 2.53 bits per heavy atom. The van der Waals surface area contributed by atoms with Crippen LogP contribution in [0.5, 0.6) is 0 Å². The first kappa shape index (κ1) is 24.0. The van der Waals surface area contributed by atoms with E-state index in [1.807, 2.05) is 73.3 Å². The average molecular weight is 518 g/mol. The third kappa shape index (κ3) is 4.45. The molecule has 7 nitrogen and oxygen atoms in total. The zero-order valence-electron chi connectivity index (χ0n) is 20.0. The number of carbonyl (C=O) groups excluding carboxylic acids is 1. The summed E-state index contributed by atoms with van der Waals surface area (Å²) in [7, 11) is 0. The smallest absolute Gasteiger partial charge is 0.271 e. The number of para-hydroxylation sites is 1. The molecular formula is C27H24ClN5O2S. The van der Waals surface area contributed by atoms with Gasteiger partial charge in [-0.2, -0.15) is 5.10 Å². The third-order valence-electron chi connectivity index (χ3n) is 6.08. The molecule has 0 aliphatic carbocycles. The van der Waals surface area contributed by atoms with Crippen LogP contribution >= 0.6 is 22.9 Å². The van der Waals surface area contributed by atoms with Crippen molar-refractivity contribution in [3.63, 3.8) is 0 Å². The van der Waals surface area contributed by atoms with Gasteiger partial charge in [-0.3, -0.25) is 18.8 Å². The molecule has 1 N–H and O–H groups in total. The summed E-state index contributed by atoms with van der Waals surface area (Å²) in [4.78, 5) is 32.5. The Balaban J connectivity index is 1.68. The molecule has 1 amide bonds. The van der Waals surface area contributed by atoms with Gasteiger partial charge in [-0.1, -0.05) is 53.3 Å². The number of nitrogens with one attached hydrogen (secondary N) is 1. The summed E-state index contributed by atoms with van der Waals surface area (Å²) in [5, 5.41) is 8.01. The van der Waals surface area contributed by atoms with Crippen molar-refractivity contribution in [2.75, 3.05) is 5.32 Å². The van der Waals surface area contributed by atoms with Crippen molar-refractivity contribution in [3.05, 3.63) is 114 Å². The number of rotatable bonds is 5. The van der Waals surface area contributed by atoms with Crippen LogP contribution in [0.4, 0.5) is 5.69 Å². The number of anilines is 1. The molecule has 0 fully saturated rings. The van der Waals surface area contributed by atoms with Gasteiger partial charge in [0.05, 0.1) is 27.5 Å². The Labute approximate surface area is 216 Å². The van der Waals surface area contributed by atoms with E-state index in [4.69, 9.17) is 11.6 Å². The summed E-state index contributed by atoms with van der Waals surface area (Å²) in [6.07, 6.45) is 3.77. The molecule has 1 aliphatic heterocycles. The fourth-order valence-corrected chi connectivity index (χ4v) is 5.43. The van der Waals surface area contributed by atoms with Crippen LogP contribution in [0.3, 0.4) is 0 Å². The number of benzene rings is 2. The number of nitrogens with zero attached hydrogens (tertiary/aromatic N) is 4. The lowest BCUT2D eigenvalue weighted by atomic mass is 9.95. The van der Waals surface area contributed by atoms with E-state index in [1.165, 1.54) is 11.3 Å². The van der Waals surface area contributed by atoms with E-state index in [2.05, 4.69) is 15.4 Å². The van der Waals surface area contributed by atoms with Crippen molar-refractivity contribution in [3.8, 4) is 0 Å². The Hall–Kier alpha value is -3.75. The molecule has 2 aromatic heterocycles. The van der Waals surface area contributed by atoms with Gasteiger partial charge in [0.15, 0.2) is 4.80 Å². The molecule has 0 saturated carbocycles. The van der Waals surface area contributed by atoms with Gasteiger partial charge in [0, 0.05) is 29.0 Å². The first-order valence-electron chi connectivity index (χ1n) is 11.5. The molecule has 0 bridgehead atoms. The highest BCUT2D eigenvalue weighted by atomic mass is 35.5. The van der Waals surface area contributed by atoms with Gasteiger partial charge in [-0.25, -0.2) is 4.99 Å². The van der Waals surface area contributed by atoms with Crippen LogP contribution < -0.4 is 20.2 Å². The molecule has 9 heteroatoms. The van der Waals surface area contributed by atoms with E-state index >= 15 is 0 Å². The standard InChI is InChI=1S/C27H24ClN5O2S/c1-4-32-15-19(16(2)31-32)14-22-26(35)33-24(18-10-12-20(28)13-11-18)23(17(3)29-27(33)36-22)25(34)30-21-8-6-5-7-9-21/h5-15,24H,4H2,1-3H3,(H,30,34)/t24-/m1/s1. The lowest BCUT2D eigenvalue weighted by molar-refractivity contribution is -0.113. The fraction of sp³-hybridized carbons (Fsp3) is 0.185. The molecule has 0 radical (unpaired) electrons. The lowest BCUT2D eigenvalue weighted by Crippen LogP contribution is -2.40. The molecule has 0 spiro atoms. The zero-order valence-corrected chi connectivity index (χ0v) is 21.6. The van der Waals surface area contributed by atoms with Gasteiger partial charge in [0.1, 0.15) is 0 Å². The quantitative estimate of drug-likeness (QED) is 0.433. The maximum atomic E-state index is 13.8. The summed E-state index contributed by atoms with van der Waals surface area (Å²) in [6.45, 7) is 6.48. The van der Waals surface area contributed by atoms with Crippen LogP contribution in [0, 0.1) is 6.92 Å². The van der Waals surface area contributed by atoms with Crippen LogP contribution in [-0.4, -0.2) is 20.3 Å². The number of aromatic nitrogens is 3. The van der Waals surface area contributed by atoms with Crippen molar-refractivity contribution >= 4 is 40.6 Å². The minimum atomic E-state index is -0.649. The van der Waals surface area contributed by atoms with Crippen LogP contribution in [0.15, 0.2) is 81.9 Å². The molecular weight excluding hydrogens is 494 g/mol. The van der Waals surface area contributed by atoms with Gasteiger partial charge in [0.25, 0.3) is 11.5 Å². The lowest BCUT2D eigenvalue weighted by Gasteiger charge is -2.25. The molecule has 5 rings (SSSR count). The van der Waals surface area contributed by atoms with Crippen molar-refractivity contribution in [2.45, 2.75) is 33.4 Å².